The van der Waals surface area contributed by atoms with Gasteiger partial charge in [-0.25, -0.2) is 0 Å². The minimum Gasteiger partial charge on any atom is -0.507 e. The van der Waals surface area contributed by atoms with Crippen molar-refractivity contribution < 1.29 is 15.0 Å². The molecule has 0 atom stereocenters. The highest BCUT2D eigenvalue weighted by Gasteiger charge is 2.47. The molecule has 0 aliphatic heterocycles. The number of aromatic hydroxyl groups is 1. The highest BCUT2D eigenvalue weighted by molar-refractivity contribution is 5.71. The summed E-state index contributed by atoms with van der Waals surface area (Å²) in [6.45, 7) is 3.81. The first kappa shape index (κ1) is 11.0. The molecule has 1 saturated carbocycles. The Kier molecular flexibility index (Phi) is 2.41. The second-order valence-corrected chi connectivity index (χ2v) is 4.83. The van der Waals surface area contributed by atoms with Gasteiger partial charge >= 0.3 is 5.97 Å². The third kappa shape index (κ3) is 1.77. The van der Waals surface area contributed by atoms with Gasteiger partial charge in [0.2, 0.25) is 0 Å². The predicted molar refractivity (Wildman–Crippen MR) is 60.7 cm³/mol. The van der Waals surface area contributed by atoms with E-state index in [0.717, 1.165) is 29.5 Å². The summed E-state index contributed by atoms with van der Waals surface area (Å²) in [6.07, 6.45) is 1.83. The van der Waals surface area contributed by atoms with Gasteiger partial charge in [0.25, 0.3) is 0 Å². The van der Waals surface area contributed by atoms with Crippen LogP contribution in [0.25, 0.3) is 0 Å². The summed E-state index contributed by atoms with van der Waals surface area (Å²) in [7, 11) is 0. The van der Waals surface area contributed by atoms with Crippen molar-refractivity contribution in [2.24, 2.45) is 0 Å². The van der Waals surface area contributed by atoms with Crippen molar-refractivity contribution in [3.63, 3.8) is 0 Å². The van der Waals surface area contributed by atoms with E-state index < -0.39 is 5.97 Å². The number of aliphatic carboxylic acids is 1. The molecular formula is C13H16O3. The summed E-state index contributed by atoms with van der Waals surface area (Å²) in [6, 6.07) is 3.83. The summed E-state index contributed by atoms with van der Waals surface area (Å²) < 4.78 is 0. The molecular weight excluding hydrogens is 204 g/mol. The number of phenolic OH excluding ortho intramolecular Hbond substituents is 1. The van der Waals surface area contributed by atoms with Crippen molar-refractivity contribution in [2.45, 2.75) is 38.5 Å². The third-order valence-corrected chi connectivity index (χ3v) is 3.36. The molecule has 0 radical (unpaired) electrons. The molecule has 16 heavy (non-hydrogen) atoms. The van der Waals surface area contributed by atoms with Crippen LogP contribution in [0.2, 0.25) is 0 Å². The number of hydrogen-bond donors (Lipinski definition) is 2. The van der Waals surface area contributed by atoms with Gasteiger partial charge in [-0.15, -0.1) is 0 Å². The van der Waals surface area contributed by atoms with E-state index in [2.05, 4.69) is 0 Å². The van der Waals surface area contributed by atoms with Crippen LogP contribution in [0.1, 0.15) is 36.0 Å². The third-order valence-electron chi connectivity index (χ3n) is 3.36. The Morgan fingerprint density at radius 1 is 1.38 bits per heavy atom. The Labute approximate surface area is 94.7 Å². The monoisotopic (exact) mass is 220 g/mol. The van der Waals surface area contributed by atoms with Gasteiger partial charge in [0.1, 0.15) is 5.75 Å². The summed E-state index contributed by atoms with van der Waals surface area (Å²) in [5.41, 5.74) is 2.40. The van der Waals surface area contributed by atoms with Crippen LogP contribution in [0.4, 0.5) is 0 Å². The van der Waals surface area contributed by atoms with Crippen LogP contribution in [0.5, 0.6) is 5.75 Å². The predicted octanol–water partition coefficient (Wildman–Crippen LogP) is 2.52. The molecule has 0 bridgehead atoms. The van der Waals surface area contributed by atoms with Gasteiger partial charge in [0.05, 0.1) is 6.42 Å². The molecule has 1 aromatic rings. The Bertz CT molecular complexity index is 445. The zero-order valence-electron chi connectivity index (χ0n) is 9.58. The van der Waals surface area contributed by atoms with Gasteiger partial charge in [-0.2, -0.15) is 0 Å². The molecule has 1 aliphatic rings. The van der Waals surface area contributed by atoms with E-state index in [1.165, 1.54) is 0 Å². The minimum atomic E-state index is -0.795. The number of carbonyl (C=O) groups is 1. The van der Waals surface area contributed by atoms with Crippen molar-refractivity contribution in [3.05, 3.63) is 28.8 Å². The first-order valence-electron chi connectivity index (χ1n) is 5.47. The van der Waals surface area contributed by atoms with E-state index in [1.54, 1.807) is 0 Å². The number of phenols is 1. The highest BCUT2D eigenvalue weighted by atomic mass is 16.4. The summed E-state index contributed by atoms with van der Waals surface area (Å²) in [4.78, 5) is 10.8. The first-order valence-corrected chi connectivity index (χ1v) is 5.47. The molecule has 2 N–H and O–H groups in total. The second kappa shape index (κ2) is 3.51. The van der Waals surface area contributed by atoms with Gasteiger partial charge in [-0.3, -0.25) is 4.79 Å². The Morgan fingerprint density at radius 3 is 2.50 bits per heavy atom. The van der Waals surface area contributed by atoms with Crippen molar-refractivity contribution in [3.8, 4) is 5.75 Å². The van der Waals surface area contributed by atoms with E-state index in [4.69, 9.17) is 5.11 Å². The van der Waals surface area contributed by atoms with E-state index >= 15 is 0 Å². The van der Waals surface area contributed by atoms with E-state index in [1.807, 2.05) is 26.0 Å². The molecule has 0 saturated heterocycles. The number of benzene rings is 1. The standard InChI is InChI=1S/C13H16O3/c1-8-5-9(2)12(16)10(6-8)13(3-4-13)7-11(14)15/h5-6,16H,3-4,7H2,1-2H3,(H,14,15). The summed E-state index contributed by atoms with van der Waals surface area (Å²) in [5, 5.41) is 18.9. The maximum absolute atomic E-state index is 10.8. The lowest BCUT2D eigenvalue weighted by atomic mass is 9.89. The van der Waals surface area contributed by atoms with Gasteiger partial charge in [-0.05, 0) is 32.3 Å². The fourth-order valence-electron chi connectivity index (χ4n) is 2.35. The van der Waals surface area contributed by atoms with Crippen LogP contribution in [-0.4, -0.2) is 16.2 Å². The highest BCUT2D eigenvalue weighted by Crippen LogP contribution is 2.54. The molecule has 0 aromatic heterocycles. The molecule has 1 aliphatic carbocycles. The topological polar surface area (TPSA) is 57.5 Å². The minimum absolute atomic E-state index is 0.115. The van der Waals surface area contributed by atoms with Gasteiger partial charge in [0, 0.05) is 11.0 Å². The van der Waals surface area contributed by atoms with Crippen molar-refractivity contribution in [1.82, 2.24) is 0 Å². The summed E-state index contributed by atoms with van der Waals surface area (Å²) >= 11 is 0. The molecule has 0 spiro atoms. The van der Waals surface area contributed by atoms with E-state index in [9.17, 15) is 9.90 Å². The smallest absolute Gasteiger partial charge is 0.304 e. The van der Waals surface area contributed by atoms with Crippen LogP contribution in [0.3, 0.4) is 0 Å². The molecule has 2 rings (SSSR count). The van der Waals surface area contributed by atoms with Gasteiger partial charge in [0.15, 0.2) is 0 Å². The van der Waals surface area contributed by atoms with Crippen LogP contribution in [-0.2, 0) is 10.2 Å². The van der Waals surface area contributed by atoms with Gasteiger partial charge in [-0.1, -0.05) is 17.7 Å². The molecule has 86 valence electrons. The van der Waals surface area contributed by atoms with Crippen LogP contribution < -0.4 is 0 Å². The van der Waals surface area contributed by atoms with Crippen molar-refractivity contribution >= 4 is 5.97 Å². The first-order chi connectivity index (χ1) is 7.44. The largest absolute Gasteiger partial charge is 0.507 e. The fraction of sp³-hybridized carbons (Fsp3) is 0.462. The van der Waals surface area contributed by atoms with Crippen molar-refractivity contribution in [2.75, 3.05) is 0 Å². The van der Waals surface area contributed by atoms with E-state index in [-0.39, 0.29) is 17.6 Å². The molecule has 0 amide bonds. The molecule has 0 heterocycles. The molecule has 3 heteroatoms. The van der Waals surface area contributed by atoms with Crippen LogP contribution in [0.15, 0.2) is 12.1 Å². The van der Waals surface area contributed by atoms with E-state index in [0.29, 0.717) is 0 Å². The lowest BCUT2D eigenvalue weighted by Crippen LogP contribution is -2.13. The number of carboxylic acids is 1. The van der Waals surface area contributed by atoms with Gasteiger partial charge < -0.3 is 10.2 Å². The Balaban J connectivity index is 2.44. The average molecular weight is 220 g/mol. The Morgan fingerprint density at radius 2 is 2.00 bits per heavy atom. The zero-order valence-corrected chi connectivity index (χ0v) is 9.58. The van der Waals surface area contributed by atoms with Crippen LogP contribution >= 0.6 is 0 Å². The lowest BCUT2D eigenvalue weighted by molar-refractivity contribution is -0.137. The maximum atomic E-state index is 10.8. The second-order valence-electron chi connectivity index (χ2n) is 4.83. The molecule has 0 unspecified atom stereocenters. The van der Waals surface area contributed by atoms with Crippen LogP contribution in [0, 0.1) is 13.8 Å². The number of carboxylic acid groups (broad SMARTS) is 1. The number of aryl methyl sites for hydroxylation is 2. The molecule has 1 aromatic carbocycles. The zero-order chi connectivity index (χ0) is 11.9. The normalized spacial score (nSPS) is 17.1. The van der Waals surface area contributed by atoms with Crippen molar-refractivity contribution in [1.29, 1.82) is 0 Å². The average Bonchev–Trinajstić information content (AvgIpc) is 2.91. The SMILES string of the molecule is Cc1cc(C)c(O)c(C2(CC(=O)O)CC2)c1. The molecule has 1 fully saturated rings. The molecule has 3 nitrogen and oxygen atoms in total. The maximum Gasteiger partial charge on any atom is 0.304 e. The lowest BCUT2D eigenvalue weighted by Gasteiger charge is -2.17. The summed E-state index contributed by atoms with van der Waals surface area (Å²) in [5.74, 6) is -0.527. The fourth-order valence-corrected chi connectivity index (χ4v) is 2.35. The number of hydrogen-bond acceptors (Lipinski definition) is 2. The quantitative estimate of drug-likeness (QED) is 0.822. The number of rotatable bonds is 3. The Hall–Kier alpha value is -1.51.